The van der Waals surface area contributed by atoms with Gasteiger partial charge in [-0.3, -0.25) is 9.59 Å². The third kappa shape index (κ3) is 3.69. The monoisotopic (exact) mass is 356 g/mol. The van der Waals surface area contributed by atoms with Crippen LogP contribution in [0.1, 0.15) is 26.3 Å². The Morgan fingerprint density at radius 3 is 1.88 bits per heavy atom. The predicted octanol–water partition coefficient (Wildman–Crippen LogP) is 2.74. The molecule has 0 atom stereocenters. The predicted molar refractivity (Wildman–Crippen MR) is 95.9 cm³/mol. The summed E-state index contributed by atoms with van der Waals surface area (Å²) in [6.45, 7) is 3.41. The van der Waals surface area contributed by atoms with Gasteiger partial charge in [0.1, 0.15) is 11.6 Å². The van der Waals surface area contributed by atoms with E-state index in [1.807, 2.05) is 0 Å². The largest absolute Gasteiger partial charge is 0.497 e. The van der Waals surface area contributed by atoms with Gasteiger partial charge < -0.3 is 14.5 Å². The summed E-state index contributed by atoms with van der Waals surface area (Å²) in [5.74, 6) is 0.0352. The van der Waals surface area contributed by atoms with Crippen molar-refractivity contribution in [2.45, 2.75) is 6.92 Å². The number of hydrogen-bond acceptors (Lipinski definition) is 3. The van der Waals surface area contributed by atoms with Crippen molar-refractivity contribution in [1.29, 1.82) is 0 Å². The number of hydrogen-bond donors (Lipinski definition) is 0. The number of rotatable bonds is 3. The molecule has 0 unspecified atom stereocenters. The summed E-state index contributed by atoms with van der Waals surface area (Å²) in [5, 5.41) is 0. The third-order valence-corrected chi connectivity index (χ3v) is 4.61. The van der Waals surface area contributed by atoms with Gasteiger partial charge in [-0.1, -0.05) is 6.07 Å². The molecule has 0 saturated carbocycles. The number of piperazine rings is 1. The average Bonchev–Trinajstić information content (AvgIpc) is 2.69. The Labute approximate surface area is 152 Å². The topological polar surface area (TPSA) is 49.9 Å². The Hall–Kier alpha value is -2.89. The van der Waals surface area contributed by atoms with Gasteiger partial charge in [-0.05, 0) is 48.9 Å². The molecule has 0 N–H and O–H groups in total. The number of halogens is 1. The van der Waals surface area contributed by atoms with Crippen molar-refractivity contribution in [1.82, 2.24) is 9.80 Å². The van der Waals surface area contributed by atoms with E-state index in [1.165, 1.54) is 6.07 Å². The van der Waals surface area contributed by atoms with Crippen LogP contribution >= 0.6 is 0 Å². The number of ether oxygens (including phenoxy) is 1. The molecule has 0 radical (unpaired) electrons. The van der Waals surface area contributed by atoms with Gasteiger partial charge in [0.15, 0.2) is 0 Å². The minimum Gasteiger partial charge on any atom is -0.497 e. The number of aryl methyl sites for hydroxylation is 1. The number of nitrogens with zero attached hydrogens (tertiary/aromatic N) is 2. The Morgan fingerprint density at radius 1 is 0.885 bits per heavy atom. The van der Waals surface area contributed by atoms with Crippen molar-refractivity contribution in [3.05, 3.63) is 65.0 Å². The summed E-state index contributed by atoms with van der Waals surface area (Å²) in [5.41, 5.74) is 1.44. The van der Waals surface area contributed by atoms with Crippen LogP contribution in [0.25, 0.3) is 0 Å². The Kier molecular flexibility index (Phi) is 5.21. The molecule has 1 aliphatic rings. The molecule has 3 rings (SSSR count). The van der Waals surface area contributed by atoms with Crippen molar-refractivity contribution in [3.63, 3.8) is 0 Å². The number of carbonyl (C=O) groups excluding carboxylic acids is 2. The second-order valence-electron chi connectivity index (χ2n) is 6.28. The molecule has 0 aromatic heterocycles. The summed E-state index contributed by atoms with van der Waals surface area (Å²) in [4.78, 5) is 28.5. The average molecular weight is 356 g/mol. The maximum atomic E-state index is 13.7. The van der Waals surface area contributed by atoms with Crippen molar-refractivity contribution in [3.8, 4) is 5.75 Å². The van der Waals surface area contributed by atoms with Crippen LogP contribution in [0.4, 0.5) is 4.39 Å². The highest BCUT2D eigenvalue weighted by molar-refractivity contribution is 5.96. The van der Waals surface area contributed by atoms with Gasteiger partial charge in [0, 0.05) is 37.3 Å². The van der Waals surface area contributed by atoms with Crippen molar-refractivity contribution < 1.29 is 18.7 Å². The lowest BCUT2D eigenvalue weighted by Gasteiger charge is -2.35. The Balaban J connectivity index is 1.61. The summed E-state index contributed by atoms with van der Waals surface area (Å²) in [6.07, 6.45) is 0. The first kappa shape index (κ1) is 17.9. The summed E-state index contributed by atoms with van der Waals surface area (Å²) in [6, 6.07) is 11.5. The first-order valence-corrected chi connectivity index (χ1v) is 8.48. The quantitative estimate of drug-likeness (QED) is 0.850. The first-order chi connectivity index (χ1) is 12.5. The lowest BCUT2D eigenvalue weighted by molar-refractivity contribution is 0.0535. The van der Waals surface area contributed by atoms with E-state index in [2.05, 4.69) is 0 Å². The van der Waals surface area contributed by atoms with Gasteiger partial charge in [-0.15, -0.1) is 0 Å². The van der Waals surface area contributed by atoms with E-state index in [1.54, 1.807) is 60.2 Å². The lowest BCUT2D eigenvalue weighted by Crippen LogP contribution is -2.50. The van der Waals surface area contributed by atoms with E-state index in [0.717, 1.165) is 0 Å². The number of amides is 2. The van der Waals surface area contributed by atoms with E-state index in [0.29, 0.717) is 48.6 Å². The summed E-state index contributed by atoms with van der Waals surface area (Å²) < 4.78 is 18.8. The molecule has 6 heteroatoms. The molecule has 1 heterocycles. The smallest absolute Gasteiger partial charge is 0.254 e. The van der Waals surface area contributed by atoms with Gasteiger partial charge in [0.05, 0.1) is 7.11 Å². The molecule has 2 aromatic rings. The van der Waals surface area contributed by atoms with Gasteiger partial charge in [-0.25, -0.2) is 4.39 Å². The van der Waals surface area contributed by atoms with Gasteiger partial charge in [0.25, 0.3) is 11.8 Å². The SMILES string of the molecule is COc1ccc(C(=O)N2CCN(C(=O)c3ccc(C)c(F)c3)CC2)cc1. The molecular formula is C20H21FN2O3. The zero-order valence-electron chi connectivity index (χ0n) is 14.9. The summed E-state index contributed by atoms with van der Waals surface area (Å²) >= 11 is 0. The second kappa shape index (κ2) is 7.56. The molecule has 5 nitrogen and oxygen atoms in total. The van der Waals surface area contributed by atoms with Crippen molar-refractivity contribution in [2.75, 3.05) is 33.3 Å². The molecule has 26 heavy (non-hydrogen) atoms. The lowest BCUT2D eigenvalue weighted by atomic mass is 10.1. The highest BCUT2D eigenvalue weighted by atomic mass is 19.1. The first-order valence-electron chi connectivity index (χ1n) is 8.48. The van der Waals surface area contributed by atoms with Crippen LogP contribution in [-0.4, -0.2) is 54.9 Å². The van der Waals surface area contributed by atoms with Gasteiger partial charge in [-0.2, -0.15) is 0 Å². The zero-order chi connectivity index (χ0) is 18.7. The Morgan fingerprint density at radius 2 is 1.38 bits per heavy atom. The number of methoxy groups -OCH3 is 1. The number of benzene rings is 2. The highest BCUT2D eigenvalue weighted by Crippen LogP contribution is 2.16. The van der Waals surface area contributed by atoms with Crippen LogP contribution < -0.4 is 4.74 Å². The van der Waals surface area contributed by atoms with Crippen LogP contribution in [0.3, 0.4) is 0 Å². The van der Waals surface area contributed by atoms with Crippen molar-refractivity contribution in [2.24, 2.45) is 0 Å². The molecule has 0 bridgehead atoms. The van der Waals surface area contributed by atoms with Gasteiger partial charge in [0.2, 0.25) is 0 Å². The van der Waals surface area contributed by atoms with E-state index < -0.39 is 0 Å². The molecule has 0 spiro atoms. The van der Waals surface area contributed by atoms with Gasteiger partial charge >= 0.3 is 0 Å². The molecule has 136 valence electrons. The number of carbonyl (C=O) groups is 2. The Bertz CT molecular complexity index is 812. The van der Waals surface area contributed by atoms with Crippen LogP contribution in [0.2, 0.25) is 0 Å². The molecule has 0 aliphatic carbocycles. The fourth-order valence-corrected chi connectivity index (χ4v) is 2.94. The molecule has 1 fully saturated rings. The zero-order valence-corrected chi connectivity index (χ0v) is 14.9. The standard InChI is InChI=1S/C20H21FN2O3/c1-14-3-4-16(13-18(14)21)20(25)23-11-9-22(10-12-23)19(24)15-5-7-17(26-2)8-6-15/h3-8,13H,9-12H2,1-2H3. The van der Waals surface area contributed by atoms with E-state index in [4.69, 9.17) is 4.74 Å². The van der Waals surface area contributed by atoms with E-state index in [-0.39, 0.29) is 17.6 Å². The molecule has 1 saturated heterocycles. The van der Waals surface area contributed by atoms with Crippen LogP contribution in [0, 0.1) is 12.7 Å². The maximum Gasteiger partial charge on any atom is 0.254 e. The fraction of sp³-hybridized carbons (Fsp3) is 0.300. The third-order valence-electron chi connectivity index (χ3n) is 4.61. The normalized spacial score (nSPS) is 14.3. The minimum atomic E-state index is -0.385. The van der Waals surface area contributed by atoms with Crippen molar-refractivity contribution >= 4 is 11.8 Å². The molecule has 1 aliphatic heterocycles. The highest BCUT2D eigenvalue weighted by Gasteiger charge is 2.25. The molecule has 2 aromatic carbocycles. The van der Waals surface area contributed by atoms with Crippen LogP contribution in [-0.2, 0) is 0 Å². The molecule has 2 amide bonds. The van der Waals surface area contributed by atoms with E-state index >= 15 is 0 Å². The molecular weight excluding hydrogens is 335 g/mol. The minimum absolute atomic E-state index is 0.0684. The van der Waals surface area contributed by atoms with E-state index in [9.17, 15) is 14.0 Å². The van der Waals surface area contributed by atoms with Crippen LogP contribution in [0.15, 0.2) is 42.5 Å². The summed E-state index contributed by atoms with van der Waals surface area (Å²) in [7, 11) is 1.58. The van der Waals surface area contributed by atoms with Crippen LogP contribution in [0.5, 0.6) is 5.75 Å². The maximum absolute atomic E-state index is 13.7. The fourth-order valence-electron chi connectivity index (χ4n) is 2.94. The second-order valence-corrected chi connectivity index (χ2v) is 6.28.